The SMILES string of the molecule is O=BCCc1ccc(OC2CN(C(=O)C[C@H]3CCNC3)C2)c(C(=O)O)c1O. The zero-order valence-corrected chi connectivity index (χ0v) is 15.0. The van der Waals surface area contributed by atoms with Crippen molar-refractivity contribution in [2.75, 3.05) is 26.2 Å². The first-order valence-corrected chi connectivity index (χ1v) is 9.16. The van der Waals surface area contributed by atoms with Crippen LogP contribution in [0, 0.1) is 5.92 Å². The number of aryl methyl sites for hydroxylation is 1. The molecule has 27 heavy (non-hydrogen) atoms. The molecule has 2 saturated heterocycles. The third-order valence-corrected chi connectivity index (χ3v) is 5.09. The van der Waals surface area contributed by atoms with Crippen LogP contribution < -0.4 is 10.1 Å². The van der Waals surface area contributed by atoms with Crippen molar-refractivity contribution in [3.8, 4) is 11.5 Å². The first-order chi connectivity index (χ1) is 13.0. The Balaban J connectivity index is 1.59. The summed E-state index contributed by atoms with van der Waals surface area (Å²) < 4.78 is 16.2. The van der Waals surface area contributed by atoms with Crippen molar-refractivity contribution in [1.29, 1.82) is 0 Å². The van der Waals surface area contributed by atoms with E-state index in [4.69, 9.17) is 4.74 Å². The molecule has 0 aliphatic carbocycles. The van der Waals surface area contributed by atoms with Gasteiger partial charge < -0.3 is 5.32 Å². The van der Waals surface area contributed by atoms with E-state index in [9.17, 15) is 24.5 Å². The van der Waals surface area contributed by atoms with E-state index in [1.54, 1.807) is 11.0 Å². The topological polar surface area (TPSA) is 116 Å². The average Bonchev–Trinajstić information content (AvgIpc) is 3.09. The predicted octanol–water partition coefficient (Wildman–Crippen LogP) is 0.690. The molecule has 1 aromatic rings. The molecule has 1 atom stereocenters. The van der Waals surface area contributed by atoms with E-state index >= 15 is 0 Å². The Morgan fingerprint density at radius 2 is 2.11 bits per heavy atom. The van der Waals surface area contributed by atoms with Crippen LogP contribution >= 0.6 is 0 Å². The summed E-state index contributed by atoms with van der Waals surface area (Å²) in [5.41, 5.74) is 0.0858. The van der Waals surface area contributed by atoms with Gasteiger partial charge in [-0.25, -0.2) is 0 Å². The summed E-state index contributed by atoms with van der Waals surface area (Å²) >= 11 is 0. The molecule has 2 fully saturated rings. The van der Waals surface area contributed by atoms with Crippen molar-refractivity contribution in [2.24, 2.45) is 5.92 Å². The van der Waals surface area contributed by atoms with E-state index in [0.29, 0.717) is 38.1 Å². The number of hydrogen-bond acceptors (Lipinski definition) is 6. The minimum absolute atomic E-state index is 0.0759. The fraction of sp³-hybridized carbons (Fsp3) is 0.556. The number of carbonyl (C=O) groups excluding carboxylic acids is 1. The maximum absolute atomic E-state index is 12.2. The number of nitrogens with one attached hydrogen (secondary N) is 1. The number of amides is 1. The number of ether oxygens (including phenoxy) is 1. The van der Waals surface area contributed by atoms with Crippen molar-refractivity contribution in [2.45, 2.75) is 31.7 Å². The quantitative estimate of drug-likeness (QED) is 0.574. The number of aromatic carboxylic acids is 1. The molecule has 144 valence electrons. The molecule has 3 rings (SSSR count). The Labute approximate surface area is 157 Å². The monoisotopic (exact) mass is 374 g/mol. The number of nitrogens with zero attached hydrogens (tertiary/aromatic N) is 1. The molecule has 2 heterocycles. The van der Waals surface area contributed by atoms with E-state index in [0.717, 1.165) is 19.5 Å². The molecule has 8 nitrogen and oxygen atoms in total. The van der Waals surface area contributed by atoms with Crippen molar-refractivity contribution >= 4 is 19.0 Å². The van der Waals surface area contributed by atoms with E-state index in [1.807, 2.05) is 0 Å². The summed E-state index contributed by atoms with van der Waals surface area (Å²) in [7, 11) is 0.714. The van der Waals surface area contributed by atoms with E-state index in [2.05, 4.69) is 5.32 Å². The molecule has 0 spiro atoms. The molecular formula is C18H23BN2O6. The van der Waals surface area contributed by atoms with Crippen molar-refractivity contribution in [3.63, 3.8) is 0 Å². The van der Waals surface area contributed by atoms with Gasteiger partial charge in [0.1, 0.15) is 0 Å². The normalized spacial score (nSPS) is 19.4. The van der Waals surface area contributed by atoms with Crippen LogP contribution in [0.25, 0.3) is 0 Å². The van der Waals surface area contributed by atoms with E-state index in [1.165, 1.54) is 6.07 Å². The van der Waals surface area contributed by atoms with Crippen molar-refractivity contribution < 1.29 is 29.2 Å². The summed E-state index contributed by atoms with van der Waals surface area (Å²) in [6.07, 6.45) is 1.69. The second kappa shape index (κ2) is 8.52. The van der Waals surface area contributed by atoms with Gasteiger partial charge >= 0.3 is 126 Å². The third kappa shape index (κ3) is 4.47. The number of hydrogen-bond donors (Lipinski definition) is 3. The minimum atomic E-state index is -1.29. The summed E-state index contributed by atoms with van der Waals surface area (Å²) in [5, 5.41) is 22.9. The molecule has 0 unspecified atom stereocenters. The zero-order chi connectivity index (χ0) is 19.4. The van der Waals surface area contributed by atoms with Gasteiger partial charge in [-0.2, -0.15) is 0 Å². The van der Waals surface area contributed by atoms with Gasteiger partial charge in [0, 0.05) is 0 Å². The van der Waals surface area contributed by atoms with Gasteiger partial charge in [-0.05, 0) is 25.4 Å². The van der Waals surface area contributed by atoms with E-state index in [-0.39, 0.29) is 41.8 Å². The van der Waals surface area contributed by atoms with Gasteiger partial charge in [0.2, 0.25) is 0 Å². The fourth-order valence-corrected chi connectivity index (χ4v) is 3.50. The average molecular weight is 374 g/mol. The number of carboxylic acid groups (broad SMARTS) is 1. The number of benzene rings is 1. The first kappa shape index (κ1) is 19.3. The third-order valence-electron chi connectivity index (χ3n) is 5.09. The van der Waals surface area contributed by atoms with Gasteiger partial charge in [-0.3, -0.25) is 0 Å². The Hall–Kier alpha value is -2.42. The Morgan fingerprint density at radius 1 is 1.33 bits per heavy atom. The van der Waals surface area contributed by atoms with Crippen LogP contribution in [0.1, 0.15) is 28.8 Å². The molecule has 9 heteroatoms. The van der Waals surface area contributed by atoms with Crippen LogP contribution in [0.5, 0.6) is 11.5 Å². The number of phenols is 1. The molecule has 3 N–H and O–H groups in total. The van der Waals surface area contributed by atoms with Crippen molar-refractivity contribution in [3.05, 3.63) is 23.3 Å². The summed E-state index contributed by atoms with van der Waals surface area (Å²) in [5.74, 6) is -1.12. The van der Waals surface area contributed by atoms with Gasteiger partial charge in [0.05, 0.1) is 0 Å². The van der Waals surface area contributed by atoms with Crippen LogP contribution in [0.15, 0.2) is 12.1 Å². The van der Waals surface area contributed by atoms with Crippen LogP contribution in [0.2, 0.25) is 6.32 Å². The zero-order valence-electron chi connectivity index (χ0n) is 15.0. The number of rotatable bonds is 8. The van der Waals surface area contributed by atoms with Gasteiger partial charge in [-0.15, -0.1) is 0 Å². The number of aromatic hydroxyl groups is 1. The molecule has 0 aromatic heterocycles. The predicted molar refractivity (Wildman–Crippen MR) is 96.6 cm³/mol. The Morgan fingerprint density at radius 3 is 2.74 bits per heavy atom. The molecule has 2 aliphatic rings. The Bertz CT molecular complexity index is 729. The van der Waals surface area contributed by atoms with Gasteiger partial charge in [0.25, 0.3) is 0 Å². The molecule has 1 aromatic carbocycles. The molecular weight excluding hydrogens is 351 g/mol. The molecule has 1 amide bonds. The maximum atomic E-state index is 12.2. The standard InChI is InChI=1S/C18H23BN2O6/c22-15(7-11-4-6-20-8-11)21-9-13(10-21)27-14-2-1-12(3-5-19-26)17(23)16(14)18(24)25/h1-2,11,13,20,23H,3-10H2,(H,24,25)/t11-/m1/s1. The summed E-state index contributed by atoms with van der Waals surface area (Å²) in [4.78, 5) is 25.5. The first-order valence-electron chi connectivity index (χ1n) is 9.16. The van der Waals surface area contributed by atoms with Gasteiger partial charge in [0.15, 0.2) is 0 Å². The van der Waals surface area contributed by atoms with Crippen molar-refractivity contribution in [1.82, 2.24) is 10.2 Å². The molecule has 2 aliphatic heterocycles. The number of carboxylic acids is 1. The molecule has 0 radical (unpaired) electrons. The van der Waals surface area contributed by atoms with Crippen LogP contribution in [0.4, 0.5) is 0 Å². The second-order valence-corrected chi connectivity index (χ2v) is 7.06. The summed E-state index contributed by atoms with van der Waals surface area (Å²) in [6.45, 7) is 2.64. The summed E-state index contributed by atoms with van der Waals surface area (Å²) in [6, 6.07) is 3.06. The van der Waals surface area contributed by atoms with E-state index < -0.39 is 5.97 Å². The van der Waals surface area contributed by atoms with Crippen LogP contribution in [-0.4, -0.2) is 66.4 Å². The van der Waals surface area contributed by atoms with Crippen LogP contribution in [-0.2, 0) is 15.9 Å². The Kier molecular flexibility index (Phi) is 6.10. The fourth-order valence-electron chi connectivity index (χ4n) is 3.50. The van der Waals surface area contributed by atoms with Gasteiger partial charge in [-0.1, -0.05) is 0 Å². The molecule has 0 bridgehead atoms. The number of likely N-dealkylation sites (tertiary alicyclic amines) is 1. The molecule has 0 saturated carbocycles. The number of carbonyl (C=O) groups is 2. The second-order valence-electron chi connectivity index (χ2n) is 7.06. The van der Waals surface area contributed by atoms with Crippen LogP contribution in [0.3, 0.4) is 0 Å².